The number of piperidine rings is 1. The van der Waals surface area contributed by atoms with E-state index in [1.54, 1.807) is 18.2 Å². The van der Waals surface area contributed by atoms with Gasteiger partial charge in [0.2, 0.25) is 10.0 Å². The second kappa shape index (κ2) is 12.5. The number of benzene rings is 2. The number of rotatable bonds is 8. The molecule has 3 aliphatic heterocycles. The molecule has 45 heavy (non-hydrogen) atoms. The quantitative estimate of drug-likeness (QED) is 0.124. The minimum atomic E-state index is -4.44. The lowest BCUT2D eigenvalue weighted by molar-refractivity contribution is -0.189. The van der Waals surface area contributed by atoms with Crippen molar-refractivity contribution in [2.24, 2.45) is 5.14 Å². The van der Waals surface area contributed by atoms with Gasteiger partial charge in [-0.15, -0.1) is 0 Å². The number of nitrogens with two attached hydrogens (primary N) is 1. The summed E-state index contributed by atoms with van der Waals surface area (Å²) in [6.07, 6.45) is 1.51. The summed E-state index contributed by atoms with van der Waals surface area (Å²) in [6.45, 7) is 0.921. The Morgan fingerprint density at radius 2 is 1.84 bits per heavy atom. The molecule has 9 nitrogen and oxygen atoms in total. The zero-order valence-electron chi connectivity index (χ0n) is 24.7. The number of nitrogens with zero attached hydrogens (tertiary/aromatic N) is 2. The van der Waals surface area contributed by atoms with E-state index >= 15 is 0 Å². The fourth-order valence-corrected chi connectivity index (χ4v) is 8.03. The molecule has 0 amide bonds. The highest BCUT2D eigenvalue weighted by molar-refractivity contribution is 14.1. The van der Waals surface area contributed by atoms with Crippen LogP contribution in [0, 0.1) is 11.8 Å². The lowest BCUT2D eigenvalue weighted by Gasteiger charge is -2.51. The summed E-state index contributed by atoms with van der Waals surface area (Å²) in [4.78, 5) is 2.47. The molecule has 4 N–H and O–H groups in total. The van der Waals surface area contributed by atoms with E-state index in [0.29, 0.717) is 34.8 Å². The van der Waals surface area contributed by atoms with Crippen LogP contribution in [0.25, 0.3) is 10.9 Å². The molecule has 4 fully saturated rings. The molecule has 0 radical (unpaired) electrons. The first-order chi connectivity index (χ1) is 21.3. The number of anilines is 2. The predicted octanol–water partition coefficient (Wildman–Crippen LogP) is 5.28. The second-order valence-electron chi connectivity index (χ2n) is 11.9. The third kappa shape index (κ3) is 7.32. The monoisotopic (exact) mass is 757 g/mol. The average molecular weight is 758 g/mol. The molecular formula is C31H35F3IN5O4S. The fourth-order valence-electron chi connectivity index (χ4n) is 6.59. The number of hydrogen-bond donors (Lipinski definition) is 3. The van der Waals surface area contributed by atoms with Crippen LogP contribution in [-0.4, -0.2) is 72.6 Å². The molecule has 2 unspecified atom stereocenters. The van der Waals surface area contributed by atoms with Gasteiger partial charge < -0.3 is 24.7 Å². The maximum Gasteiger partial charge on any atom is 0.406 e. The third-order valence-electron chi connectivity index (χ3n) is 8.78. The molecule has 0 spiro atoms. The van der Waals surface area contributed by atoms with Crippen molar-refractivity contribution in [1.82, 2.24) is 9.47 Å². The van der Waals surface area contributed by atoms with Crippen molar-refractivity contribution < 1.29 is 31.1 Å². The third-order valence-corrected chi connectivity index (χ3v) is 11.0. The number of hydrogen-bond acceptors (Lipinski definition) is 7. The highest BCUT2D eigenvalue weighted by atomic mass is 127. The van der Waals surface area contributed by atoms with Crippen LogP contribution in [0.5, 0.6) is 5.75 Å². The minimum absolute atomic E-state index is 0.0758. The molecule has 1 aromatic heterocycles. The number of nitrogens with one attached hydrogen (secondary N) is 2. The van der Waals surface area contributed by atoms with E-state index in [1.165, 1.54) is 36.3 Å². The maximum atomic E-state index is 13.7. The summed E-state index contributed by atoms with van der Waals surface area (Å²) in [6, 6.07) is 11.7. The van der Waals surface area contributed by atoms with Crippen LogP contribution < -0.4 is 20.5 Å². The van der Waals surface area contributed by atoms with Gasteiger partial charge in [0.25, 0.3) is 0 Å². The largest absolute Gasteiger partial charge is 0.495 e. The zero-order chi connectivity index (χ0) is 32.0. The SMILES string of the molecule is COc1cc(S(N)(=O)=O)ccc1NCC#Cc1cc2c(N[C@]3(I)CC[C@H](N4CC5CC(C4)O5)CC3)cccc2n1CC(F)(F)F. The molecule has 242 valence electrons. The van der Waals surface area contributed by atoms with Crippen LogP contribution in [0.15, 0.2) is 47.4 Å². The van der Waals surface area contributed by atoms with Crippen LogP contribution in [-0.2, 0) is 21.3 Å². The predicted molar refractivity (Wildman–Crippen MR) is 175 cm³/mol. The Bertz CT molecular complexity index is 1730. The fraction of sp³-hybridized carbons (Fsp3) is 0.484. The van der Waals surface area contributed by atoms with E-state index in [9.17, 15) is 21.6 Å². The number of methoxy groups -OCH3 is 1. The number of ether oxygens (including phenoxy) is 2. The topological polar surface area (TPSA) is 111 Å². The van der Waals surface area contributed by atoms with Crippen molar-refractivity contribution in [3.63, 3.8) is 0 Å². The number of fused-ring (bicyclic) bond motifs is 3. The summed E-state index contributed by atoms with van der Waals surface area (Å²) in [5.41, 5.74) is 1.95. The van der Waals surface area contributed by atoms with Gasteiger partial charge in [-0.2, -0.15) is 13.2 Å². The number of sulfonamides is 1. The lowest BCUT2D eigenvalue weighted by Crippen LogP contribution is -2.60. The molecular weight excluding hydrogens is 722 g/mol. The Labute approximate surface area is 274 Å². The van der Waals surface area contributed by atoms with Crippen LogP contribution in [0.4, 0.5) is 24.5 Å². The number of halogens is 4. The molecule has 3 saturated heterocycles. The Kier molecular flexibility index (Phi) is 8.94. The Hall–Kier alpha value is -2.71. The molecule has 7 rings (SSSR count). The van der Waals surface area contributed by atoms with E-state index in [-0.39, 0.29) is 26.4 Å². The number of aromatic nitrogens is 1. The Morgan fingerprint density at radius 3 is 2.49 bits per heavy atom. The Morgan fingerprint density at radius 1 is 1.13 bits per heavy atom. The zero-order valence-corrected chi connectivity index (χ0v) is 27.6. The molecule has 2 atom stereocenters. The molecule has 1 aliphatic carbocycles. The highest BCUT2D eigenvalue weighted by Gasteiger charge is 2.43. The number of primary sulfonamides is 1. The minimum Gasteiger partial charge on any atom is -0.495 e. The average Bonchev–Trinajstić information content (AvgIpc) is 3.31. The Balaban J connectivity index is 1.19. The lowest BCUT2D eigenvalue weighted by atomic mass is 9.87. The smallest absolute Gasteiger partial charge is 0.406 e. The van der Waals surface area contributed by atoms with Crippen molar-refractivity contribution in [1.29, 1.82) is 0 Å². The first-order valence-electron chi connectivity index (χ1n) is 14.8. The van der Waals surface area contributed by atoms with Gasteiger partial charge in [0, 0.05) is 42.7 Å². The normalized spacial score (nSPS) is 25.2. The molecule has 2 bridgehead atoms. The van der Waals surface area contributed by atoms with E-state index in [2.05, 4.69) is 50.0 Å². The maximum absolute atomic E-state index is 13.7. The van der Waals surface area contributed by atoms with Crippen LogP contribution >= 0.6 is 22.6 Å². The summed E-state index contributed by atoms with van der Waals surface area (Å²) >= 11 is 2.47. The molecule has 2 aromatic carbocycles. The summed E-state index contributed by atoms with van der Waals surface area (Å²) in [7, 11) is -2.53. The second-order valence-corrected chi connectivity index (χ2v) is 15.5. The first kappa shape index (κ1) is 32.2. The first-order valence-corrected chi connectivity index (χ1v) is 17.4. The van der Waals surface area contributed by atoms with Crippen LogP contribution in [0.2, 0.25) is 0 Å². The van der Waals surface area contributed by atoms with Crippen molar-refractivity contribution in [2.45, 2.75) is 71.5 Å². The van der Waals surface area contributed by atoms with Gasteiger partial charge in [-0.3, -0.25) is 4.90 Å². The van der Waals surface area contributed by atoms with Gasteiger partial charge >= 0.3 is 6.18 Å². The van der Waals surface area contributed by atoms with Crippen LogP contribution in [0.1, 0.15) is 37.8 Å². The van der Waals surface area contributed by atoms with Crippen molar-refractivity contribution >= 4 is 54.9 Å². The van der Waals surface area contributed by atoms with Gasteiger partial charge in [-0.25, -0.2) is 13.6 Å². The number of morpholine rings is 1. The molecule has 14 heteroatoms. The van der Waals surface area contributed by atoms with Crippen LogP contribution in [0.3, 0.4) is 0 Å². The van der Waals surface area contributed by atoms with E-state index < -0.39 is 22.7 Å². The van der Waals surface area contributed by atoms with Crippen molar-refractivity contribution in [3.8, 4) is 17.6 Å². The summed E-state index contributed by atoms with van der Waals surface area (Å²) < 4.78 is 76.5. The van der Waals surface area contributed by atoms with Gasteiger partial charge in [0.15, 0.2) is 0 Å². The molecule has 3 aromatic rings. The standard InChI is InChI=1S/C31H35F3IN5O4S/c1-43-29-16-24(45(36,41)42)7-8-27(29)37-13-3-4-21-14-25-26(5-2-6-28(25)40(21)19-31(32,33)34)38-30(35)11-9-20(10-12-30)39-17-22-15-23(18-39)44-22/h2,5-8,14,16,20,22-23,37-38H,9-13,15,17-19H2,1H3,(H2,36,41,42)/t20-,22?,23?,30+. The molecule has 1 saturated carbocycles. The van der Waals surface area contributed by atoms with E-state index in [0.717, 1.165) is 44.5 Å². The molecule has 4 heterocycles. The van der Waals surface area contributed by atoms with E-state index in [1.807, 2.05) is 6.07 Å². The summed E-state index contributed by atoms with van der Waals surface area (Å²) in [5, 5.41) is 12.6. The van der Waals surface area contributed by atoms with Gasteiger partial charge in [0.1, 0.15) is 12.3 Å². The van der Waals surface area contributed by atoms with Gasteiger partial charge in [-0.05, 0) is 61.9 Å². The van der Waals surface area contributed by atoms with Crippen molar-refractivity contribution in [2.75, 3.05) is 37.4 Å². The molecule has 4 aliphatic rings. The summed E-state index contributed by atoms with van der Waals surface area (Å²) in [5.74, 6) is 6.05. The van der Waals surface area contributed by atoms with E-state index in [4.69, 9.17) is 14.6 Å². The van der Waals surface area contributed by atoms with Crippen molar-refractivity contribution in [3.05, 3.63) is 48.2 Å². The van der Waals surface area contributed by atoms with Gasteiger partial charge in [-0.1, -0.05) is 34.6 Å². The highest BCUT2D eigenvalue weighted by Crippen LogP contribution is 2.42. The van der Waals surface area contributed by atoms with Gasteiger partial charge in [0.05, 0.1) is 51.2 Å². The number of alkyl halides is 4.